The number of aryl methyl sites for hydroxylation is 1. The molecular formula is C17H21ClN2S2. The molecule has 0 radical (unpaired) electrons. The summed E-state index contributed by atoms with van der Waals surface area (Å²) in [5.74, 6) is 3.31. The van der Waals surface area contributed by atoms with Gasteiger partial charge in [-0.15, -0.1) is 23.5 Å². The summed E-state index contributed by atoms with van der Waals surface area (Å²) in [5.41, 5.74) is 1.37. The van der Waals surface area contributed by atoms with Crippen molar-refractivity contribution in [1.82, 2.24) is 9.55 Å². The number of hydrogen-bond donors (Lipinski definition) is 0. The molecule has 22 heavy (non-hydrogen) atoms. The van der Waals surface area contributed by atoms with Gasteiger partial charge in [0.15, 0.2) is 0 Å². The van der Waals surface area contributed by atoms with Gasteiger partial charge in [0.05, 0.1) is 10.4 Å². The van der Waals surface area contributed by atoms with Gasteiger partial charge < -0.3 is 4.57 Å². The second kappa shape index (κ2) is 7.33. The minimum absolute atomic E-state index is 0.257. The molecule has 2 nitrogen and oxygen atoms in total. The van der Waals surface area contributed by atoms with Gasteiger partial charge in [-0.3, -0.25) is 0 Å². The molecule has 1 saturated heterocycles. The van der Waals surface area contributed by atoms with Crippen LogP contribution in [-0.4, -0.2) is 25.1 Å². The molecule has 1 aliphatic rings. The van der Waals surface area contributed by atoms with Gasteiger partial charge in [-0.1, -0.05) is 30.7 Å². The molecule has 3 rings (SSSR count). The zero-order chi connectivity index (χ0) is 15.4. The van der Waals surface area contributed by atoms with Crippen molar-refractivity contribution >= 4 is 35.1 Å². The maximum atomic E-state index is 5.98. The number of thioether (sulfide) groups is 2. The van der Waals surface area contributed by atoms with Crippen LogP contribution in [0.15, 0.2) is 43.0 Å². The molecule has 1 aromatic carbocycles. The van der Waals surface area contributed by atoms with Crippen LogP contribution in [-0.2, 0) is 13.0 Å². The third kappa shape index (κ3) is 4.24. The van der Waals surface area contributed by atoms with Crippen LogP contribution in [0.2, 0.25) is 5.02 Å². The van der Waals surface area contributed by atoms with Gasteiger partial charge in [0, 0.05) is 24.0 Å². The Labute approximate surface area is 146 Å². The summed E-state index contributed by atoms with van der Waals surface area (Å²) >= 11 is 10.2. The van der Waals surface area contributed by atoms with Crippen LogP contribution in [0.5, 0.6) is 0 Å². The highest BCUT2D eigenvalue weighted by Crippen LogP contribution is 2.48. The van der Waals surface area contributed by atoms with Crippen LogP contribution >= 0.6 is 35.1 Å². The van der Waals surface area contributed by atoms with E-state index >= 15 is 0 Å². The normalized spacial score (nSPS) is 25.3. The molecule has 1 aliphatic heterocycles. The fourth-order valence-corrected chi connectivity index (χ4v) is 6.04. The lowest BCUT2D eigenvalue weighted by Gasteiger charge is -2.38. The Morgan fingerprint density at radius 2 is 2.00 bits per heavy atom. The van der Waals surface area contributed by atoms with Crippen LogP contribution in [0.25, 0.3) is 0 Å². The maximum Gasteiger partial charge on any atom is 0.0946 e. The first-order valence-electron chi connectivity index (χ1n) is 7.63. The summed E-state index contributed by atoms with van der Waals surface area (Å²) in [5, 5.41) is 0.812. The molecule has 5 heteroatoms. The molecule has 0 aliphatic carbocycles. The summed E-state index contributed by atoms with van der Waals surface area (Å²) in [6.45, 7) is 3.38. The minimum atomic E-state index is 0.257. The second-order valence-electron chi connectivity index (χ2n) is 6.00. The van der Waals surface area contributed by atoms with E-state index in [2.05, 4.69) is 58.3 Å². The smallest absolute Gasteiger partial charge is 0.0946 e. The van der Waals surface area contributed by atoms with Crippen LogP contribution in [0.1, 0.15) is 18.9 Å². The standard InChI is InChI=1S/C17H21ClN2S2/c1-14-10-21-17(22-11-14,12-20-9-8-19-13-20)7-6-15-2-4-16(18)5-3-15/h2-5,8-9,13-14H,6-7,10-12H2,1H3. The molecule has 0 N–H and O–H groups in total. The van der Waals surface area contributed by atoms with E-state index in [1.165, 1.54) is 23.5 Å². The van der Waals surface area contributed by atoms with Crippen molar-refractivity contribution in [2.75, 3.05) is 11.5 Å². The average Bonchev–Trinajstić information content (AvgIpc) is 3.03. The van der Waals surface area contributed by atoms with Gasteiger partial charge in [0.1, 0.15) is 0 Å². The molecule has 1 aromatic heterocycles. The molecule has 2 heterocycles. The zero-order valence-electron chi connectivity index (χ0n) is 12.7. The predicted octanol–water partition coefficient (Wildman–Crippen LogP) is 4.98. The van der Waals surface area contributed by atoms with Gasteiger partial charge in [0.2, 0.25) is 0 Å². The number of benzene rings is 1. The molecule has 0 amide bonds. The number of aromatic nitrogens is 2. The number of rotatable bonds is 5. The molecular weight excluding hydrogens is 332 g/mol. The monoisotopic (exact) mass is 352 g/mol. The summed E-state index contributed by atoms with van der Waals surface area (Å²) in [4.78, 5) is 4.19. The van der Waals surface area contributed by atoms with Gasteiger partial charge >= 0.3 is 0 Å². The lowest BCUT2D eigenvalue weighted by Crippen LogP contribution is -2.33. The number of imidazole rings is 1. The lowest BCUT2D eigenvalue weighted by atomic mass is 10.1. The first-order chi connectivity index (χ1) is 10.7. The summed E-state index contributed by atoms with van der Waals surface area (Å²) in [6.07, 6.45) is 8.15. The van der Waals surface area contributed by atoms with E-state index in [1.54, 1.807) is 0 Å². The molecule has 2 aromatic rings. The summed E-state index contributed by atoms with van der Waals surface area (Å²) < 4.78 is 2.48. The van der Waals surface area contributed by atoms with Crippen molar-refractivity contribution in [2.24, 2.45) is 5.92 Å². The van der Waals surface area contributed by atoms with E-state index in [4.69, 9.17) is 11.6 Å². The Morgan fingerprint density at radius 1 is 1.27 bits per heavy atom. The molecule has 0 unspecified atom stereocenters. The van der Waals surface area contributed by atoms with Gasteiger partial charge in [-0.05, 0) is 48.0 Å². The predicted molar refractivity (Wildman–Crippen MR) is 98.8 cm³/mol. The van der Waals surface area contributed by atoms with Gasteiger partial charge in [0.25, 0.3) is 0 Å². The summed E-state index contributed by atoms with van der Waals surface area (Å²) in [6, 6.07) is 8.27. The van der Waals surface area contributed by atoms with E-state index < -0.39 is 0 Å². The van der Waals surface area contributed by atoms with Crippen molar-refractivity contribution < 1.29 is 0 Å². The highest BCUT2D eigenvalue weighted by Gasteiger charge is 2.35. The van der Waals surface area contributed by atoms with Crippen molar-refractivity contribution in [3.05, 3.63) is 53.6 Å². The van der Waals surface area contributed by atoms with E-state index in [0.29, 0.717) is 0 Å². The Hall–Kier alpha value is -0.580. The quantitative estimate of drug-likeness (QED) is 0.755. The molecule has 0 saturated carbocycles. The Bertz CT molecular complexity index is 575. The molecule has 118 valence electrons. The fourth-order valence-electron chi connectivity index (χ4n) is 2.64. The number of hydrogen-bond acceptors (Lipinski definition) is 3. The van der Waals surface area contributed by atoms with Gasteiger partial charge in [-0.25, -0.2) is 4.98 Å². The van der Waals surface area contributed by atoms with E-state index in [1.807, 2.05) is 24.7 Å². The SMILES string of the molecule is CC1CSC(CCc2ccc(Cl)cc2)(Cn2ccnc2)SC1. The van der Waals surface area contributed by atoms with Crippen LogP contribution in [0, 0.1) is 5.92 Å². The first kappa shape index (κ1) is 16.3. The minimum Gasteiger partial charge on any atom is -0.335 e. The molecule has 0 bridgehead atoms. The second-order valence-corrected chi connectivity index (χ2v) is 9.50. The Balaban J connectivity index is 1.69. The largest absolute Gasteiger partial charge is 0.335 e. The maximum absolute atomic E-state index is 5.98. The van der Waals surface area contributed by atoms with E-state index in [-0.39, 0.29) is 4.08 Å². The third-order valence-corrected chi connectivity index (χ3v) is 8.10. The van der Waals surface area contributed by atoms with Crippen molar-refractivity contribution in [1.29, 1.82) is 0 Å². The number of halogens is 1. The molecule has 1 fully saturated rings. The fraction of sp³-hybridized carbons (Fsp3) is 0.471. The van der Waals surface area contributed by atoms with E-state index in [0.717, 1.165) is 23.9 Å². The molecule has 0 atom stereocenters. The van der Waals surface area contributed by atoms with Crippen molar-refractivity contribution in [3.63, 3.8) is 0 Å². The average molecular weight is 353 g/mol. The zero-order valence-corrected chi connectivity index (χ0v) is 15.1. The van der Waals surface area contributed by atoms with Crippen molar-refractivity contribution in [2.45, 2.75) is 30.4 Å². The Morgan fingerprint density at radius 3 is 2.64 bits per heavy atom. The highest BCUT2D eigenvalue weighted by atomic mass is 35.5. The van der Waals surface area contributed by atoms with Crippen LogP contribution in [0.4, 0.5) is 0 Å². The lowest BCUT2D eigenvalue weighted by molar-refractivity contribution is 0.577. The highest BCUT2D eigenvalue weighted by molar-refractivity contribution is 8.18. The third-order valence-electron chi connectivity index (χ3n) is 3.95. The van der Waals surface area contributed by atoms with E-state index in [9.17, 15) is 0 Å². The number of nitrogens with zero attached hydrogens (tertiary/aromatic N) is 2. The van der Waals surface area contributed by atoms with Gasteiger partial charge in [-0.2, -0.15) is 0 Å². The summed E-state index contributed by atoms with van der Waals surface area (Å²) in [7, 11) is 0. The first-order valence-corrected chi connectivity index (χ1v) is 9.98. The van der Waals surface area contributed by atoms with Crippen LogP contribution < -0.4 is 0 Å². The Kier molecular flexibility index (Phi) is 5.42. The van der Waals surface area contributed by atoms with Crippen LogP contribution in [0.3, 0.4) is 0 Å². The molecule has 0 spiro atoms. The topological polar surface area (TPSA) is 17.8 Å². The van der Waals surface area contributed by atoms with Crippen molar-refractivity contribution in [3.8, 4) is 0 Å².